The lowest BCUT2D eigenvalue weighted by molar-refractivity contribution is 0.0857. The second-order valence-corrected chi connectivity index (χ2v) is 5.37. The first-order valence-corrected chi connectivity index (χ1v) is 6.96. The van der Waals surface area contributed by atoms with E-state index in [0.29, 0.717) is 11.6 Å². The number of ether oxygens (including phenoxy) is 1. The molecular formula is C14H12BrN3O2. The third kappa shape index (κ3) is 2.96. The minimum Gasteiger partial charge on any atom is -0.438 e. The summed E-state index contributed by atoms with van der Waals surface area (Å²) >= 11 is 3.33. The van der Waals surface area contributed by atoms with E-state index in [-0.39, 0.29) is 6.10 Å². The molecule has 0 radical (unpaired) electrons. The smallest absolute Gasteiger partial charge is 0.238 e. The summed E-state index contributed by atoms with van der Waals surface area (Å²) in [6.07, 6.45) is 0.724. The van der Waals surface area contributed by atoms with Gasteiger partial charge in [0.25, 0.3) is 0 Å². The van der Waals surface area contributed by atoms with Crippen LogP contribution in [0, 0.1) is 6.92 Å². The van der Waals surface area contributed by atoms with Gasteiger partial charge in [0, 0.05) is 12.5 Å². The molecule has 0 N–H and O–H groups in total. The molecule has 0 fully saturated rings. The Morgan fingerprint density at radius 1 is 1.15 bits per heavy atom. The van der Waals surface area contributed by atoms with Crippen LogP contribution in [0.4, 0.5) is 0 Å². The molecule has 0 saturated carbocycles. The molecule has 0 aliphatic carbocycles. The summed E-state index contributed by atoms with van der Waals surface area (Å²) in [6.45, 7) is 1.88. The van der Waals surface area contributed by atoms with Gasteiger partial charge < -0.3 is 9.57 Å². The topological polar surface area (TPSA) is 56.6 Å². The van der Waals surface area contributed by atoms with Crippen LogP contribution in [-0.2, 0) is 4.84 Å². The molecule has 6 heteroatoms. The van der Waals surface area contributed by atoms with Gasteiger partial charge >= 0.3 is 0 Å². The molecule has 1 aliphatic heterocycles. The van der Waals surface area contributed by atoms with Crippen LogP contribution in [0.2, 0.25) is 0 Å². The SMILES string of the molecule is Cc1ccc(Oc2ccc([C@H]3CC(Br)=NO3)cc2)nn1. The quantitative estimate of drug-likeness (QED) is 0.858. The number of hydrogen-bond donors (Lipinski definition) is 0. The average Bonchev–Trinajstić information content (AvgIpc) is 2.89. The maximum Gasteiger partial charge on any atom is 0.238 e. The molecule has 1 aliphatic rings. The van der Waals surface area contributed by atoms with E-state index in [0.717, 1.165) is 22.3 Å². The van der Waals surface area contributed by atoms with Crippen molar-refractivity contribution in [2.24, 2.45) is 5.16 Å². The van der Waals surface area contributed by atoms with E-state index in [9.17, 15) is 0 Å². The van der Waals surface area contributed by atoms with Crippen LogP contribution in [0.3, 0.4) is 0 Å². The van der Waals surface area contributed by atoms with Gasteiger partial charge in [0.1, 0.15) is 10.4 Å². The predicted molar refractivity (Wildman–Crippen MR) is 78.1 cm³/mol. The number of benzene rings is 1. The van der Waals surface area contributed by atoms with E-state index in [1.807, 2.05) is 37.3 Å². The maximum atomic E-state index is 5.62. The second kappa shape index (κ2) is 5.58. The maximum absolute atomic E-state index is 5.62. The van der Waals surface area contributed by atoms with Gasteiger partial charge in [-0.25, -0.2) is 0 Å². The Labute approximate surface area is 124 Å². The third-order valence-electron chi connectivity index (χ3n) is 2.88. The van der Waals surface area contributed by atoms with Crippen molar-refractivity contribution in [3.05, 3.63) is 47.7 Å². The van der Waals surface area contributed by atoms with Crippen molar-refractivity contribution in [3.63, 3.8) is 0 Å². The second-order valence-electron chi connectivity index (χ2n) is 4.45. The van der Waals surface area contributed by atoms with E-state index >= 15 is 0 Å². The molecule has 1 aromatic carbocycles. The van der Waals surface area contributed by atoms with E-state index in [1.165, 1.54) is 0 Å². The molecule has 0 unspecified atom stereocenters. The van der Waals surface area contributed by atoms with Gasteiger partial charge in [-0.15, -0.1) is 5.10 Å². The first kappa shape index (κ1) is 13.1. The largest absolute Gasteiger partial charge is 0.438 e. The van der Waals surface area contributed by atoms with Gasteiger partial charge in [-0.05, 0) is 46.6 Å². The Morgan fingerprint density at radius 2 is 1.95 bits per heavy atom. The van der Waals surface area contributed by atoms with Gasteiger partial charge in [-0.3, -0.25) is 0 Å². The Hall–Kier alpha value is -1.95. The van der Waals surface area contributed by atoms with Crippen molar-refractivity contribution in [2.45, 2.75) is 19.4 Å². The van der Waals surface area contributed by atoms with Gasteiger partial charge in [0.15, 0.2) is 6.10 Å². The summed E-state index contributed by atoms with van der Waals surface area (Å²) in [4.78, 5) is 5.30. The Bertz CT molecular complexity index is 626. The monoisotopic (exact) mass is 333 g/mol. The minimum absolute atomic E-state index is 0.0300. The third-order valence-corrected chi connectivity index (χ3v) is 3.35. The zero-order chi connectivity index (χ0) is 13.9. The molecule has 1 atom stereocenters. The molecule has 5 nitrogen and oxygen atoms in total. The predicted octanol–water partition coefficient (Wildman–Crippen LogP) is 3.75. The van der Waals surface area contributed by atoms with Crippen molar-refractivity contribution >= 4 is 20.6 Å². The van der Waals surface area contributed by atoms with Gasteiger partial charge in [0.05, 0.1) is 5.69 Å². The zero-order valence-electron chi connectivity index (χ0n) is 10.8. The number of halogens is 1. The summed E-state index contributed by atoms with van der Waals surface area (Å²) in [5, 5.41) is 11.8. The Morgan fingerprint density at radius 3 is 2.55 bits per heavy atom. The van der Waals surface area contributed by atoms with E-state index in [1.54, 1.807) is 6.07 Å². The first-order valence-electron chi connectivity index (χ1n) is 6.17. The summed E-state index contributed by atoms with van der Waals surface area (Å²) in [5.74, 6) is 1.19. The lowest BCUT2D eigenvalue weighted by Crippen LogP contribution is -1.97. The highest BCUT2D eigenvalue weighted by atomic mass is 79.9. The molecule has 1 aromatic heterocycles. The Kier molecular flexibility index (Phi) is 3.64. The molecule has 2 heterocycles. The summed E-state index contributed by atoms with van der Waals surface area (Å²) < 4.78 is 6.45. The molecule has 0 bridgehead atoms. The average molecular weight is 334 g/mol. The summed E-state index contributed by atoms with van der Waals surface area (Å²) in [6, 6.07) is 11.3. The first-order chi connectivity index (χ1) is 9.70. The highest BCUT2D eigenvalue weighted by Gasteiger charge is 2.21. The van der Waals surface area contributed by atoms with Crippen LogP contribution in [0.5, 0.6) is 11.6 Å². The lowest BCUT2D eigenvalue weighted by Gasteiger charge is -2.09. The molecule has 0 saturated heterocycles. The van der Waals surface area contributed by atoms with E-state index < -0.39 is 0 Å². The number of rotatable bonds is 3. The van der Waals surface area contributed by atoms with Crippen LogP contribution >= 0.6 is 15.9 Å². The van der Waals surface area contributed by atoms with Crippen LogP contribution < -0.4 is 4.74 Å². The van der Waals surface area contributed by atoms with Crippen molar-refractivity contribution in [1.29, 1.82) is 0 Å². The van der Waals surface area contributed by atoms with Gasteiger partial charge in [0.2, 0.25) is 5.88 Å². The fraction of sp³-hybridized carbons (Fsp3) is 0.214. The summed E-state index contributed by atoms with van der Waals surface area (Å²) in [5.41, 5.74) is 1.92. The van der Waals surface area contributed by atoms with Crippen molar-refractivity contribution in [3.8, 4) is 11.6 Å². The normalized spacial score (nSPS) is 17.5. The zero-order valence-corrected chi connectivity index (χ0v) is 12.4. The lowest BCUT2D eigenvalue weighted by atomic mass is 10.1. The number of aromatic nitrogens is 2. The van der Waals surface area contributed by atoms with Crippen LogP contribution in [-0.4, -0.2) is 14.8 Å². The fourth-order valence-electron chi connectivity index (χ4n) is 1.84. The van der Waals surface area contributed by atoms with E-state index in [4.69, 9.17) is 9.57 Å². The standard InChI is InChI=1S/C14H12BrN3O2/c1-9-2-7-14(17-16-9)19-11-5-3-10(4-6-11)12-8-13(15)18-20-12/h2-7,12H,8H2,1H3/t12-/m1/s1. The highest BCUT2D eigenvalue weighted by Crippen LogP contribution is 2.30. The highest BCUT2D eigenvalue weighted by molar-refractivity contribution is 9.18. The van der Waals surface area contributed by atoms with Crippen molar-refractivity contribution in [1.82, 2.24) is 10.2 Å². The van der Waals surface area contributed by atoms with Crippen molar-refractivity contribution in [2.75, 3.05) is 0 Å². The van der Waals surface area contributed by atoms with Gasteiger partial charge in [-0.2, -0.15) is 5.10 Å². The summed E-state index contributed by atoms with van der Waals surface area (Å²) in [7, 11) is 0. The molecule has 102 valence electrons. The van der Waals surface area contributed by atoms with Gasteiger partial charge in [-0.1, -0.05) is 17.3 Å². The molecule has 3 rings (SSSR count). The number of nitrogens with zero attached hydrogens (tertiary/aromatic N) is 3. The number of hydrogen-bond acceptors (Lipinski definition) is 5. The van der Waals surface area contributed by atoms with Crippen LogP contribution in [0.1, 0.15) is 23.8 Å². The van der Waals surface area contributed by atoms with Crippen LogP contribution in [0.25, 0.3) is 0 Å². The molecule has 0 spiro atoms. The molecule has 0 amide bonds. The fourth-order valence-corrected chi connectivity index (χ4v) is 2.22. The molecule has 20 heavy (non-hydrogen) atoms. The van der Waals surface area contributed by atoms with E-state index in [2.05, 4.69) is 31.3 Å². The number of aryl methyl sites for hydroxylation is 1. The molecule has 2 aromatic rings. The minimum atomic E-state index is -0.0300. The van der Waals surface area contributed by atoms with Crippen LogP contribution in [0.15, 0.2) is 41.6 Å². The Balaban J connectivity index is 1.68. The van der Waals surface area contributed by atoms with Crippen molar-refractivity contribution < 1.29 is 9.57 Å². The number of oxime groups is 1. The molecular weight excluding hydrogens is 322 g/mol.